The first kappa shape index (κ1) is 63.9. The van der Waals surface area contributed by atoms with Crippen molar-refractivity contribution in [1.29, 1.82) is 0 Å². The molecule has 0 radical (unpaired) electrons. The quantitative estimate of drug-likeness (QED) is 0.0723. The standard InChI is InChI=1S/C56H86F3NO15/c1-34-15-11-10-12-16-35(2)46(73-26-25-71-23-24-72-33-55(57,58)59)31-42-20-18-40(7)56(68,75-42)52(65)53(66)60-22-14-13-17-43(60)54(67)74-47(37(4)29-41-19-21-44(61)48(30-41)69-8)32-45(62)36(3)28-39(6)50(64)51(70-9)49(63)38(5)27-34/h10-12,15-16,28,34,36-38,40-44,46-48,50-51,61,64,68H,13-14,17-27,29-33H2,1-9H3/b12-10+,15-11+,35-16+,39-28+/t34-,36-,37-,38-,40-,41?,42+,43+,44-,46-,47?,48-,50-,51+,56-/m1/s1. The number of rotatable bonds is 13. The molecule has 0 aromatic heterocycles. The first-order chi connectivity index (χ1) is 35.4. The van der Waals surface area contributed by atoms with Crippen LogP contribution in [-0.2, 0) is 57.1 Å². The number of hydrogen-bond acceptors (Lipinski definition) is 15. The number of Topliss-reactive ketones (excluding diaryl/α,β-unsaturated/α-hetero) is 3. The van der Waals surface area contributed by atoms with Crippen molar-refractivity contribution in [3.8, 4) is 0 Å². The highest BCUT2D eigenvalue weighted by atomic mass is 19.4. The lowest BCUT2D eigenvalue weighted by molar-refractivity contribution is -0.266. The van der Waals surface area contributed by atoms with Crippen LogP contribution in [0.3, 0.4) is 0 Å². The van der Waals surface area contributed by atoms with Crippen molar-refractivity contribution in [2.75, 3.05) is 53.8 Å². The summed E-state index contributed by atoms with van der Waals surface area (Å²) in [4.78, 5) is 72.4. The summed E-state index contributed by atoms with van der Waals surface area (Å²) < 4.78 is 77.4. The molecule has 0 aromatic rings. The number of allylic oxidation sites excluding steroid dienone is 6. The fraction of sp³-hybridized carbons (Fsp3) is 0.768. The second-order valence-electron chi connectivity index (χ2n) is 21.5. The molecule has 0 aromatic carbocycles. The van der Waals surface area contributed by atoms with E-state index in [-0.39, 0.29) is 87.7 Å². The Kier molecular flexibility index (Phi) is 26.0. The number of cyclic esters (lactones) is 1. The highest BCUT2D eigenvalue weighted by molar-refractivity contribution is 6.39. The normalized spacial score (nSPS) is 36.9. The zero-order chi connectivity index (χ0) is 55.6. The average Bonchev–Trinajstić information content (AvgIpc) is 3.36. The lowest BCUT2D eigenvalue weighted by atomic mass is 9.78. The van der Waals surface area contributed by atoms with Crippen LogP contribution in [0.5, 0.6) is 0 Å². The van der Waals surface area contributed by atoms with Gasteiger partial charge in [-0.3, -0.25) is 19.2 Å². The number of ketones is 3. The summed E-state index contributed by atoms with van der Waals surface area (Å²) in [6, 6.07) is -1.22. The van der Waals surface area contributed by atoms with Gasteiger partial charge in [-0.2, -0.15) is 13.2 Å². The Morgan fingerprint density at radius 3 is 2.24 bits per heavy atom. The Morgan fingerprint density at radius 2 is 1.55 bits per heavy atom. The maximum absolute atomic E-state index is 14.5. The number of carbonyl (C=O) groups excluding carboxylic acids is 5. The first-order valence-electron chi connectivity index (χ1n) is 26.9. The number of piperidine rings is 1. The summed E-state index contributed by atoms with van der Waals surface area (Å²) in [6.07, 6.45) is 4.79. The van der Waals surface area contributed by atoms with E-state index in [4.69, 9.17) is 28.4 Å². The van der Waals surface area contributed by atoms with Gasteiger partial charge in [0.2, 0.25) is 5.79 Å². The van der Waals surface area contributed by atoms with Gasteiger partial charge in [0, 0.05) is 51.4 Å². The van der Waals surface area contributed by atoms with Crippen LogP contribution in [0.2, 0.25) is 0 Å². The highest BCUT2D eigenvalue weighted by Crippen LogP contribution is 2.38. The molecule has 3 fully saturated rings. The first-order valence-corrected chi connectivity index (χ1v) is 26.9. The molecule has 1 amide bonds. The molecule has 75 heavy (non-hydrogen) atoms. The predicted octanol–water partition coefficient (Wildman–Crippen LogP) is 7.15. The molecule has 3 heterocycles. The summed E-state index contributed by atoms with van der Waals surface area (Å²) >= 11 is 0. The number of fused-ring (bicyclic) bond motifs is 3. The number of amides is 1. The van der Waals surface area contributed by atoms with Crippen LogP contribution in [0, 0.1) is 35.5 Å². The Labute approximate surface area is 441 Å². The third-order valence-electron chi connectivity index (χ3n) is 15.4. The lowest BCUT2D eigenvalue weighted by Crippen LogP contribution is -2.61. The maximum Gasteiger partial charge on any atom is 0.411 e. The minimum absolute atomic E-state index is 0.0191. The number of esters is 1. The van der Waals surface area contributed by atoms with Gasteiger partial charge in [-0.05, 0) is 107 Å². The second kappa shape index (κ2) is 30.5. The molecule has 16 nitrogen and oxygen atoms in total. The van der Waals surface area contributed by atoms with E-state index in [1.165, 1.54) is 7.11 Å². The maximum atomic E-state index is 14.5. The van der Waals surface area contributed by atoms with Gasteiger partial charge >= 0.3 is 12.1 Å². The number of alkyl halides is 3. The molecule has 2 saturated heterocycles. The molecule has 4 aliphatic rings. The van der Waals surface area contributed by atoms with Crippen molar-refractivity contribution in [3.63, 3.8) is 0 Å². The van der Waals surface area contributed by atoms with Crippen molar-refractivity contribution in [2.24, 2.45) is 35.5 Å². The molecule has 1 saturated carbocycles. The second-order valence-corrected chi connectivity index (χ2v) is 21.5. The van der Waals surface area contributed by atoms with Crippen LogP contribution >= 0.6 is 0 Å². The van der Waals surface area contributed by atoms with Crippen LogP contribution in [0.15, 0.2) is 47.6 Å². The number of methoxy groups -OCH3 is 2. The summed E-state index contributed by atoms with van der Waals surface area (Å²) in [5, 5.41) is 34.1. The number of carbonyl (C=O) groups is 5. The Morgan fingerprint density at radius 1 is 0.840 bits per heavy atom. The molecule has 426 valence electrons. The lowest BCUT2D eigenvalue weighted by Gasteiger charge is -2.43. The van der Waals surface area contributed by atoms with Gasteiger partial charge < -0.3 is 53.4 Å². The van der Waals surface area contributed by atoms with Gasteiger partial charge in [-0.25, -0.2) is 4.79 Å². The van der Waals surface area contributed by atoms with E-state index in [0.29, 0.717) is 63.4 Å². The Balaban J connectivity index is 1.68. The molecular weight excluding hydrogens is 984 g/mol. The van der Waals surface area contributed by atoms with Crippen molar-refractivity contribution in [1.82, 2.24) is 4.90 Å². The molecule has 4 rings (SSSR count). The van der Waals surface area contributed by atoms with Gasteiger partial charge in [0.1, 0.15) is 36.7 Å². The van der Waals surface area contributed by atoms with E-state index in [9.17, 15) is 52.5 Å². The van der Waals surface area contributed by atoms with Crippen molar-refractivity contribution in [3.05, 3.63) is 47.6 Å². The van der Waals surface area contributed by atoms with E-state index in [0.717, 1.165) is 10.5 Å². The Bertz CT molecular complexity index is 1990. The average molecular weight is 1070 g/mol. The monoisotopic (exact) mass is 1070 g/mol. The van der Waals surface area contributed by atoms with E-state index >= 15 is 0 Å². The summed E-state index contributed by atoms with van der Waals surface area (Å²) in [6.45, 7) is 10.6. The van der Waals surface area contributed by atoms with Gasteiger partial charge in [0.05, 0.1) is 50.8 Å². The van der Waals surface area contributed by atoms with Crippen LogP contribution in [0.4, 0.5) is 13.2 Å². The molecule has 15 atom stereocenters. The minimum Gasteiger partial charge on any atom is -0.460 e. The number of halogens is 3. The van der Waals surface area contributed by atoms with Gasteiger partial charge in [-0.15, -0.1) is 0 Å². The van der Waals surface area contributed by atoms with Crippen LogP contribution in [0.1, 0.15) is 126 Å². The number of aliphatic hydroxyl groups is 3. The van der Waals surface area contributed by atoms with E-state index < -0.39 is 96.6 Å². The fourth-order valence-corrected chi connectivity index (χ4v) is 10.7. The van der Waals surface area contributed by atoms with E-state index in [2.05, 4.69) is 4.74 Å². The van der Waals surface area contributed by atoms with Crippen molar-refractivity contribution in [2.45, 2.75) is 186 Å². The van der Waals surface area contributed by atoms with Gasteiger partial charge in [0.25, 0.3) is 11.7 Å². The molecular formula is C56H86F3NO15. The van der Waals surface area contributed by atoms with Crippen molar-refractivity contribution < 1.29 is 85.6 Å². The van der Waals surface area contributed by atoms with Gasteiger partial charge in [0.15, 0.2) is 5.78 Å². The van der Waals surface area contributed by atoms with Crippen LogP contribution in [-0.4, -0.2) is 164 Å². The SMILES string of the molecule is CO[C@@H]1CC(C[C@@H](C)C2CC(=O)[C@H](C)/C=C(\C)[C@@H](O)[C@@H](OC)C(=O)[C@H](C)C[C@H](C)/C=C/C=C/C=C(\C)[C@H](OCCOCCOCC(F)(F)F)C[C@@H]3CC[C@@H](C)[C@@](O)(O3)C(=O)C(=O)N3CCCC[C@H]3C(=O)O2)CC[C@H]1O. The van der Waals surface area contributed by atoms with Crippen LogP contribution in [0.25, 0.3) is 0 Å². The summed E-state index contributed by atoms with van der Waals surface area (Å²) in [5.41, 5.74) is 1.07. The zero-order valence-corrected chi connectivity index (χ0v) is 45.6. The number of ether oxygens (including phenoxy) is 7. The fourth-order valence-electron chi connectivity index (χ4n) is 10.7. The minimum atomic E-state index is -4.46. The largest absolute Gasteiger partial charge is 0.460 e. The molecule has 1 aliphatic carbocycles. The zero-order valence-electron chi connectivity index (χ0n) is 45.6. The Hall–Kier alpha value is -3.66. The smallest absolute Gasteiger partial charge is 0.411 e. The van der Waals surface area contributed by atoms with E-state index in [1.54, 1.807) is 53.0 Å². The third kappa shape index (κ3) is 19.3. The molecule has 19 heteroatoms. The topological polar surface area (TPSA) is 214 Å². The summed E-state index contributed by atoms with van der Waals surface area (Å²) in [7, 11) is 2.89. The van der Waals surface area contributed by atoms with Gasteiger partial charge in [-0.1, -0.05) is 71.1 Å². The number of aliphatic hydroxyl groups excluding tert-OH is 2. The number of nitrogens with zero attached hydrogens (tertiary/aromatic N) is 1. The predicted molar refractivity (Wildman–Crippen MR) is 272 cm³/mol. The molecule has 2 unspecified atom stereocenters. The summed E-state index contributed by atoms with van der Waals surface area (Å²) in [5.74, 6) is -8.80. The molecule has 3 aliphatic heterocycles. The van der Waals surface area contributed by atoms with E-state index in [1.807, 2.05) is 39.0 Å². The van der Waals surface area contributed by atoms with Crippen molar-refractivity contribution >= 4 is 29.2 Å². The molecule has 0 spiro atoms. The molecule has 3 N–H and O–H groups in total. The highest BCUT2D eigenvalue weighted by Gasteiger charge is 2.53. The van der Waals surface area contributed by atoms with Crippen LogP contribution < -0.4 is 0 Å². The number of hydrogen-bond donors (Lipinski definition) is 3. The molecule has 2 bridgehead atoms. The third-order valence-corrected chi connectivity index (χ3v) is 15.4.